The molecular formula is C20H31F3O4. The van der Waals surface area contributed by atoms with Crippen molar-refractivity contribution in [2.45, 2.75) is 76.5 Å². The van der Waals surface area contributed by atoms with Gasteiger partial charge in [-0.3, -0.25) is 0 Å². The fourth-order valence-corrected chi connectivity index (χ4v) is 3.02. The van der Waals surface area contributed by atoms with Gasteiger partial charge in [-0.15, -0.1) is 0 Å². The highest BCUT2D eigenvalue weighted by Crippen LogP contribution is 2.24. The van der Waals surface area contributed by atoms with E-state index in [0.29, 0.717) is 19.6 Å². The van der Waals surface area contributed by atoms with E-state index >= 15 is 0 Å². The average Bonchev–Trinajstić information content (AvgIpc) is 2.66. The molecular weight excluding hydrogens is 361 g/mol. The van der Waals surface area contributed by atoms with E-state index in [1.165, 1.54) is 32.1 Å². The van der Waals surface area contributed by atoms with Gasteiger partial charge in [-0.1, -0.05) is 57.3 Å². The first kappa shape index (κ1) is 22.4. The monoisotopic (exact) mass is 392 g/mol. The summed E-state index contributed by atoms with van der Waals surface area (Å²) in [5.41, 5.74) is 0.816. The summed E-state index contributed by atoms with van der Waals surface area (Å²) in [7, 11) is 0. The zero-order valence-electron chi connectivity index (χ0n) is 16.0. The Bertz CT molecular complexity index is 468. The fraction of sp³-hybridized carbons (Fsp3) is 0.800. The third-order valence-corrected chi connectivity index (χ3v) is 4.54. The number of rotatable bonds is 11. The largest absolute Gasteiger partial charge is 0.411 e. The highest BCUT2D eigenvalue weighted by molar-refractivity contribution is 5.27. The summed E-state index contributed by atoms with van der Waals surface area (Å²) in [6.07, 6.45) is 7.44. The molecule has 4 nitrogen and oxygen atoms in total. The average molecular weight is 392 g/mol. The number of alkyl halides is 3. The Morgan fingerprint density at radius 1 is 1.04 bits per heavy atom. The maximum absolute atomic E-state index is 12.2. The summed E-state index contributed by atoms with van der Waals surface area (Å²) in [4.78, 5) is 0. The summed E-state index contributed by atoms with van der Waals surface area (Å²) in [6, 6.07) is 0. The summed E-state index contributed by atoms with van der Waals surface area (Å²) >= 11 is 0. The minimum atomic E-state index is -4.31. The van der Waals surface area contributed by atoms with Gasteiger partial charge in [0.15, 0.2) is 6.29 Å². The zero-order chi connectivity index (χ0) is 19.5. The van der Waals surface area contributed by atoms with E-state index in [1.54, 1.807) is 12.2 Å². The van der Waals surface area contributed by atoms with Gasteiger partial charge in [0, 0.05) is 12.2 Å². The molecule has 7 heteroatoms. The SMILES string of the molecule is CCCCCCCCOC1COC(C2=CCC(OCC(F)(F)F)C=C2)OC1. The molecule has 1 unspecified atom stereocenters. The van der Waals surface area contributed by atoms with Crippen LogP contribution in [0.1, 0.15) is 51.9 Å². The van der Waals surface area contributed by atoms with Crippen LogP contribution < -0.4 is 0 Å². The molecule has 1 atom stereocenters. The van der Waals surface area contributed by atoms with Crippen LogP contribution in [0.3, 0.4) is 0 Å². The van der Waals surface area contributed by atoms with Crippen LogP contribution in [-0.4, -0.2) is 51.1 Å². The number of unbranched alkanes of at least 4 members (excludes halogenated alkanes) is 5. The Morgan fingerprint density at radius 2 is 1.74 bits per heavy atom. The minimum Gasteiger partial charge on any atom is -0.373 e. The minimum absolute atomic E-state index is 0.0621. The molecule has 1 aliphatic heterocycles. The maximum atomic E-state index is 12.2. The van der Waals surface area contributed by atoms with Gasteiger partial charge in [-0.05, 0) is 12.8 Å². The van der Waals surface area contributed by atoms with Crippen molar-refractivity contribution >= 4 is 0 Å². The van der Waals surface area contributed by atoms with Gasteiger partial charge in [-0.25, -0.2) is 0 Å². The van der Waals surface area contributed by atoms with Gasteiger partial charge < -0.3 is 18.9 Å². The molecule has 0 aromatic rings. The molecule has 0 radical (unpaired) electrons. The molecule has 27 heavy (non-hydrogen) atoms. The van der Waals surface area contributed by atoms with Crippen molar-refractivity contribution in [1.29, 1.82) is 0 Å². The molecule has 156 valence electrons. The molecule has 1 heterocycles. The van der Waals surface area contributed by atoms with Crippen LogP contribution in [-0.2, 0) is 18.9 Å². The fourth-order valence-electron chi connectivity index (χ4n) is 3.02. The maximum Gasteiger partial charge on any atom is 0.411 e. The molecule has 2 rings (SSSR count). The first-order chi connectivity index (χ1) is 13.0. The molecule has 0 bridgehead atoms. The molecule has 0 aromatic heterocycles. The van der Waals surface area contributed by atoms with Gasteiger partial charge in [-0.2, -0.15) is 13.2 Å². The molecule has 0 N–H and O–H groups in total. The van der Waals surface area contributed by atoms with E-state index in [4.69, 9.17) is 18.9 Å². The second-order valence-electron chi connectivity index (χ2n) is 7.02. The van der Waals surface area contributed by atoms with E-state index in [2.05, 4.69) is 6.92 Å². The van der Waals surface area contributed by atoms with Gasteiger partial charge in [0.05, 0.1) is 19.3 Å². The lowest BCUT2D eigenvalue weighted by molar-refractivity contribution is -0.209. The summed E-state index contributed by atoms with van der Waals surface area (Å²) in [5, 5.41) is 0. The Hall–Kier alpha value is -0.890. The number of hydrogen-bond acceptors (Lipinski definition) is 4. The molecule has 1 saturated heterocycles. The first-order valence-corrected chi connectivity index (χ1v) is 9.89. The van der Waals surface area contributed by atoms with E-state index in [9.17, 15) is 13.2 Å². The molecule has 0 amide bonds. The van der Waals surface area contributed by atoms with Crippen LogP contribution in [0.2, 0.25) is 0 Å². The summed E-state index contributed by atoms with van der Waals surface area (Å²) in [6.45, 7) is 2.60. The van der Waals surface area contributed by atoms with Crippen LogP contribution in [0.5, 0.6) is 0 Å². The van der Waals surface area contributed by atoms with Crippen molar-refractivity contribution in [2.24, 2.45) is 0 Å². The lowest BCUT2D eigenvalue weighted by Gasteiger charge is -2.31. The quantitative estimate of drug-likeness (QED) is 0.467. The second-order valence-corrected chi connectivity index (χ2v) is 7.02. The Kier molecular flexibility index (Phi) is 9.82. The number of halogens is 3. The summed E-state index contributed by atoms with van der Waals surface area (Å²) in [5.74, 6) is 0. The van der Waals surface area contributed by atoms with Gasteiger partial charge in [0.25, 0.3) is 0 Å². The topological polar surface area (TPSA) is 36.9 Å². The van der Waals surface area contributed by atoms with E-state index in [1.807, 2.05) is 6.08 Å². The van der Waals surface area contributed by atoms with E-state index in [0.717, 1.165) is 18.6 Å². The zero-order valence-corrected chi connectivity index (χ0v) is 16.0. The Morgan fingerprint density at radius 3 is 2.37 bits per heavy atom. The number of hydrogen-bond donors (Lipinski definition) is 0. The second kappa shape index (κ2) is 11.8. The van der Waals surface area contributed by atoms with Gasteiger partial charge in [0.1, 0.15) is 12.7 Å². The molecule has 2 aliphatic rings. The highest BCUT2D eigenvalue weighted by atomic mass is 19.4. The van der Waals surface area contributed by atoms with E-state index < -0.39 is 25.2 Å². The molecule has 0 spiro atoms. The van der Waals surface area contributed by atoms with Crippen LogP contribution in [0.4, 0.5) is 13.2 Å². The van der Waals surface area contributed by atoms with Crippen LogP contribution in [0.15, 0.2) is 23.8 Å². The molecule has 0 aromatic carbocycles. The third-order valence-electron chi connectivity index (χ3n) is 4.54. The summed E-state index contributed by atoms with van der Waals surface area (Å²) < 4.78 is 58.6. The predicted molar refractivity (Wildman–Crippen MR) is 96.4 cm³/mol. The first-order valence-electron chi connectivity index (χ1n) is 9.89. The Balaban J connectivity index is 1.57. The molecule has 0 saturated carbocycles. The van der Waals surface area contributed by atoms with Crippen LogP contribution >= 0.6 is 0 Å². The number of ether oxygens (including phenoxy) is 4. The lowest BCUT2D eigenvalue weighted by Crippen LogP contribution is -2.38. The smallest absolute Gasteiger partial charge is 0.373 e. The molecule has 1 fully saturated rings. The standard InChI is InChI=1S/C20H31F3O4/c1-2-3-4-5-6-7-12-24-18-13-25-19(26-14-18)16-8-10-17(11-9-16)27-15-20(21,22)23/h8-10,17-19H,2-7,11-15H2,1H3. The van der Waals surface area contributed by atoms with Crippen LogP contribution in [0.25, 0.3) is 0 Å². The normalized spacial score (nSPS) is 26.2. The van der Waals surface area contributed by atoms with E-state index in [-0.39, 0.29) is 6.10 Å². The third kappa shape index (κ3) is 9.23. The molecule has 1 aliphatic carbocycles. The van der Waals surface area contributed by atoms with Crippen molar-refractivity contribution in [3.05, 3.63) is 23.8 Å². The van der Waals surface area contributed by atoms with Gasteiger partial charge >= 0.3 is 6.18 Å². The highest BCUT2D eigenvalue weighted by Gasteiger charge is 2.30. The predicted octanol–water partition coefficient (Wildman–Crippen LogP) is 4.94. The van der Waals surface area contributed by atoms with Gasteiger partial charge in [0.2, 0.25) is 0 Å². The van der Waals surface area contributed by atoms with Crippen LogP contribution in [0, 0.1) is 0 Å². The Labute approximate surface area is 159 Å². The van der Waals surface area contributed by atoms with Crippen molar-refractivity contribution < 1.29 is 32.1 Å². The van der Waals surface area contributed by atoms with Crippen molar-refractivity contribution in [3.8, 4) is 0 Å². The lowest BCUT2D eigenvalue weighted by atomic mass is 10.0. The van der Waals surface area contributed by atoms with Crippen molar-refractivity contribution in [2.75, 3.05) is 26.4 Å². The van der Waals surface area contributed by atoms with Crippen molar-refractivity contribution in [1.82, 2.24) is 0 Å². The van der Waals surface area contributed by atoms with Crippen molar-refractivity contribution in [3.63, 3.8) is 0 Å².